The van der Waals surface area contributed by atoms with Gasteiger partial charge < -0.3 is 0 Å². The lowest BCUT2D eigenvalue weighted by Gasteiger charge is -2.29. The quantitative estimate of drug-likeness (QED) is 0.501. The summed E-state index contributed by atoms with van der Waals surface area (Å²) in [6.45, 7) is 2.27. The number of halogens is 2. The fourth-order valence-electron chi connectivity index (χ4n) is 5.55. The molecular formula is C27H31F2N. The van der Waals surface area contributed by atoms with Gasteiger partial charge in [0.15, 0.2) is 0 Å². The van der Waals surface area contributed by atoms with E-state index in [0.29, 0.717) is 24.3 Å². The van der Waals surface area contributed by atoms with Gasteiger partial charge in [-0.15, -0.1) is 0 Å². The standard InChI is InChI=1S/C27H31F2N/c1-2-3-4-18-5-7-19(8-6-18)20-9-11-21(12-10-20)22-13-14-24-23(15-22)16-26(28)25(17-30)27(24)29/h9-12,16,18-19,22H,2-8,13-15H2,1H3. The van der Waals surface area contributed by atoms with Gasteiger partial charge in [-0.25, -0.2) is 8.78 Å². The smallest absolute Gasteiger partial charge is 0.147 e. The molecule has 0 N–H and O–H groups in total. The Balaban J connectivity index is 1.42. The Morgan fingerprint density at radius 3 is 2.27 bits per heavy atom. The zero-order valence-electron chi connectivity index (χ0n) is 17.9. The van der Waals surface area contributed by atoms with E-state index in [4.69, 9.17) is 5.26 Å². The van der Waals surface area contributed by atoms with E-state index in [9.17, 15) is 8.78 Å². The lowest BCUT2D eigenvalue weighted by atomic mass is 9.76. The highest BCUT2D eigenvalue weighted by molar-refractivity contribution is 5.44. The molecular weight excluding hydrogens is 376 g/mol. The molecule has 4 rings (SSSR count). The van der Waals surface area contributed by atoms with Gasteiger partial charge in [0.25, 0.3) is 0 Å². The van der Waals surface area contributed by atoms with Crippen molar-refractivity contribution in [2.24, 2.45) is 5.92 Å². The van der Waals surface area contributed by atoms with Gasteiger partial charge in [-0.3, -0.25) is 0 Å². The predicted molar refractivity (Wildman–Crippen MR) is 117 cm³/mol. The highest BCUT2D eigenvalue weighted by Crippen LogP contribution is 2.39. The van der Waals surface area contributed by atoms with E-state index in [1.807, 2.05) is 0 Å². The maximum atomic E-state index is 14.4. The van der Waals surface area contributed by atoms with E-state index >= 15 is 0 Å². The Morgan fingerprint density at radius 2 is 1.63 bits per heavy atom. The van der Waals surface area contributed by atoms with Crippen molar-refractivity contribution in [3.63, 3.8) is 0 Å². The number of benzene rings is 2. The molecule has 0 bridgehead atoms. The number of rotatable bonds is 5. The summed E-state index contributed by atoms with van der Waals surface area (Å²) < 4.78 is 28.5. The van der Waals surface area contributed by atoms with Gasteiger partial charge in [-0.2, -0.15) is 5.26 Å². The minimum atomic E-state index is -0.737. The number of hydrogen-bond donors (Lipinski definition) is 0. The minimum Gasteiger partial charge on any atom is -0.205 e. The molecule has 0 heterocycles. The number of nitriles is 1. The average molecular weight is 408 g/mol. The van der Waals surface area contributed by atoms with E-state index < -0.39 is 17.2 Å². The summed E-state index contributed by atoms with van der Waals surface area (Å²) in [7, 11) is 0. The Kier molecular flexibility index (Phi) is 6.52. The van der Waals surface area contributed by atoms with Gasteiger partial charge in [-0.1, -0.05) is 50.5 Å². The van der Waals surface area contributed by atoms with E-state index in [1.165, 1.54) is 62.1 Å². The van der Waals surface area contributed by atoms with Gasteiger partial charge in [0, 0.05) is 0 Å². The zero-order valence-corrected chi connectivity index (χ0v) is 17.9. The van der Waals surface area contributed by atoms with Crippen molar-refractivity contribution in [3.8, 4) is 6.07 Å². The van der Waals surface area contributed by atoms with Gasteiger partial charge >= 0.3 is 0 Å². The molecule has 2 aromatic carbocycles. The molecule has 0 radical (unpaired) electrons. The molecule has 1 atom stereocenters. The highest BCUT2D eigenvalue weighted by atomic mass is 19.1. The third-order valence-electron chi connectivity index (χ3n) is 7.42. The first-order valence-electron chi connectivity index (χ1n) is 11.6. The summed E-state index contributed by atoms with van der Waals surface area (Å²) in [5, 5.41) is 8.99. The van der Waals surface area contributed by atoms with Gasteiger partial charge in [0.2, 0.25) is 0 Å². The zero-order chi connectivity index (χ0) is 21.1. The van der Waals surface area contributed by atoms with Gasteiger partial charge in [0.05, 0.1) is 0 Å². The van der Waals surface area contributed by atoms with Crippen molar-refractivity contribution in [1.82, 2.24) is 0 Å². The van der Waals surface area contributed by atoms with Crippen LogP contribution in [0.2, 0.25) is 0 Å². The summed E-state index contributed by atoms with van der Waals surface area (Å²) in [5.74, 6) is 0.486. The average Bonchev–Trinajstić information content (AvgIpc) is 2.78. The van der Waals surface area contributed by atoms with Crippen molar-refractivity contribution < 1.29 is 8.78 Å². The van der Waals surface area contributed by atoms with Crippen LogP contribution in [0.15, 0.2) is 30.3 Å². The van der Waals surface area contributed by atoms with Crippen LogP contribution in [0.4, 0.5) is 8.78 Å². The topological polar surface area (TPSA) is 23.8 Å². The van der Waals surface area contributed by atoms with Crippen LogP contribution in [0.5, 0.6) is 0 Å². The summed E-state index contributed by atoms with van der Waals surface area (Å²) in [5.41, 5.74) is 3.50. The van der Waals surface area contributed by atoms with Crippen LogP contribution < -0.4 is 0 Å². The van der Waals surface area contributed by atoms with Crippen LogP contribution in [0, 0.1) is 28.9 Å². The first-order chi connectivity index (χ1) is 14.6. The second kappa shape index (κ2) is 9.29. The van der Waals surface area contributed by atoms with E-state index in [-0.39, 0.29) is 5.92 Å². The number of hydrogen-bond acceptors (Lipinski definition) is 1. The summed E-state index contributed by atoms with van der Waals surface area (Å²) in [4.78, 5) is 0. The van der Waals surface area contributed by atoms with Crippen LogP contribution >= 0.6 is 0 Å². The van der Waals surface area contributed by atoms with Crippen molar-refractivity contribution in [1.29, 1.82) is 5.26 Å². The van der Waals surface area contributed by atoms with Crippen molar-refractivity contribution in [3.05, 3.63) is 69.8 Å². The van der Waals surface area contributed by atoms with E-state index in [1.54, 1.807) is 6.07 Å². The molecule has 0 aromatic heterocycles. The molecule has 2 aliphatic rings. The van der Waals surface area contributed by atoms with Crippen LogP contribution in [0.25, 0.3) is 0 Å². The molecule has 1 saturated carbocycles. The lowest BCUT2D eigenvalue weighted by Crippen LogP contribution is -2.16. The highest BCUT2D eigenvalue weighted by Gasteiger charge is 2.27. The summed E-state index contributed by atoms with van der Waals surface area (Å²) in [6, 6.07) is 12.0. The molecule has 1 fully saturated rings. The molecule has 2 aliphatic carbocycles. The summed E-state index contributed by atoms with van der Waals surface area (Å²) in [6.07, 6.45) is 11.4. The Morgan fingerprint density at radius 1 is 0.967 bits per heavy atom. The second-order valence-corrected chi connectivity index (χ2v) is 9.26. The third-order valence-corrected chi connectivity index (χ3v) is 7.42. The number of nitrogens with zero attached hydrogens (tertiary/aromatic N) is 1. The van der Waals surface area contributed by atoms with E-state index in [2.05, 4.69) is 31.2 Å². The SMILES string of the molecule is CCCCC1CCC(c2ccc(C3CCc4c(cc(F)c(C#N)c4F)C3)cc2)CC1. The molecule has 0 saturated heterocycles. The second-order valence-electron chi connectivity index (χ2n) is 9.26. The molecule has 1 unspecified atom stereocenters. The molecule has 3 heteroatoms. The maximum Gasteiger partial charge on any atom is 0.147 e. The van der Waals surface area contributed by atoms with Crippen molar-refractivity contribution >= 4 is 0 Å². The van der Waals surface area contributed by atoms with Crippen LogP contribution in [-0.2, 0) is 12.8 Å². The van der Waals surface area contributed by atoms with Crippen LogP contribution in [0.3, 0.4) is 0 Å². The Bertz CT molecular complexity index is 917. The Labute approximate surface area is 179 Å². The molecule has 1 nitrogen and oxygen atoms in total. The van der Waals surface area contributed by atoms with Gasteiger partial charge in [0.1, 0.15) is 23.3 Å². The molecule has 158 valence electrons. The predicted octanol–water partition coefficient (Wildman–Crippen LogP) is 7.57. The van der Waals surface area contributed by atoms with E-state index in [0.717, 1.165) is 17.9 Å². The largest absolute Gasteiger partial charge is 0.205 e. The summed E-state index contributed by atoms with van der Waals surface area (Å²) >= 11 is 0. The van der Waals surface area contributed by atoms with Crippen LogP contribution in [-0.4, -0.2) is 0 Å². The van der Waals surface area contributed by atoms with Crippen molar-refractivity contribution in [2.75, 3.05) is 0 Å². The molecule has 0 spiro atoms. The number of unbranched alkanes of at least 4 members (excludes halogenated alkanes) is 1. The lowest BCUT2D eigenvalue weighted by molar-refractivity contribution is 0.304. The maximum absolute atomic E-state index is 14.4. The first-order valence-corrected chi connectivity index (χ1v) is 11.6. The number of fused-ring (bicyclic) bond motifs is 1. The van der Waals surface area contributed by atoms with Gasteiger partial charge in [-0.05, 0) is 91.0 Å². The fraction of sp³-hybridized carbons (Fsp3) is 0.519. The molecule has 0 amide bonds. The first kappa shape index (κ1) is 21.0. The molecule has 0 aliphatic heterocycles. The minimum absolute atomic E-state index is 0.281. The molecule has 30 heavy (non-hydrogen) atoms. The fourth-order valence-corrected chi connectivity index (χ4v) is 5.55. The van der Waals surface area contributed by atoms with Crippen LogP contribution in [0.1, 0.15) is 97.9 Å². The Hall–Kier alpha value is -2.21. The normalized spacial score (nSPS) is 23.6. The third kappa shape index (κ3) is 4.29. The molecule has 2 aromatic rings. The monoisotopic (exact) mass is 407 g/mol. The van der Waals surface area contributed by atoms with Crippen molar-refractivity contribution in [2.45, 2.75) is 83.0 Å².